The quantitative estimate of drug-likeness (QED) is 0.717. The summed E-state index contributed by atoms with van der Waals surface area (Å²) in [5.74, 6) is 1.08. The lowest BCUT2D eigenvalue weighted by atomic mass is 10.0. The molecule has 78 valence electrons. The van der Waals surface area contributed by atoms with Gasteiger partial charge in [0.15, 0.2) is 0 Å². The van der Waals surface area contributed by atoms with Gasteiger partial charge in [-0.1, -0.05) is 0 Å². The predicted molar refractivity (Wildman–Crippen MR) is 53.8 cm³/mol. The van der Waals surface area contributed by atoms with Gasteiger partial charge in [0.2, 0.25) is 0 Å². The average Bonchev–Trinajstić information content (AvgIpc) is 2.61. The fraction of sp³-hybridized carbons (Fsp3) is 0.700. The van der Waals surface area contributed by atoms with Crippen LogP contribution in [-0.4, -0.2) is 21.2 Å². The van der Waals surface area contributed by atoms with E-state index in [2.05, 4.69) is 9.55 Å². The van der Waals surface area contributed by atoms with Crippen LogP contribution in [0.1, 0.15) is 31.3 Å². The van der Waals surface area contributed by atoms with Crippen molar-refractivity contribution in [2.24, 2.45) is 5.73 Å². The number of fused-ring (bicyclic) bond motifs is 1. The van der Waals surface area contributed by atoms with Crippen LogP contribution >= 0.6 is 0 Å². The lowest BCUT2D eigenvalue weighted by molar-refractivity contribution is 0.0624. The highest BCUT2D eigenvalue weighted by molar-refractivity contribution is 5.13. The van der Waals surface area contributed by atoms with Crippen LogP contribution < -0.4 is 5.73 Å². The molecule has 1 aliphatic heterocycles. The van der Waals surface area contributed by atoms with E-state index in [1.165, 1.54) is 12.8 Å². The fourth-order valence-electron chi connectivity index (χ4n) is 1.78. The van der Waals surface area contributed by atoms with Crippen LogP contribution in [0.15, 0.2) is 6.20 Å². The number of nitrogens with two attached hydrogens (primary N) is 1. The van der Waals surface area contributed by atoms with Gasteiger partial charge in [-0.3, -0.25) is 0 Å². The second kappa shape index (κ2) is 3.37. The van der Waals surface area contributed by atoms with Gasteiger partial charge in [0.1, 0.15) is 11.4 Å². The molecule has 0 bridgehead atoms. The molecular formula is C10H17N3O. The lowest BCUT2D eigenvalue weighted by Gasteiger charge is -2.17. The van der Waals surface area contributed by atoms with E-state index in [9.17, 15) is 5.11 Å². The average molecular weight is 195 g/mol. The summed E-state index contributed by atoms with van der Waals surface area (Å²) in [7, 11) is 0. The molecule has 1 atom stereocenters. The molecule has 0 saturated heterocycles. The molecule has 0 spiro atoms. The monoisotopic (exact) mass is 195 g/mol. The number of aliphatic hydroxyl groups is 1. The van der Waals surface area contributed by atoms with Gasteiger partial charge < -0.3 is 15.4 Å². The molecule has 2 heterocycles. The van der Waals surface area contributed by atoms with Crippen LogP contribution in [0.4, 0.5) is 0 Å². The molecule has 0 aliphatic carbocycles. The number of rotatable bonds is 2. The SMILES string of the molecule is CC(O)(CN)c1cn2c(n1)CCCC2. The third kappa shape index (κ3) is 1.55. The van der Waals surface area contributed by atoms with Gasteiger partial charge in [-0.05, 0) is 19.8 Å². The Kier molecular flexibility index (Phi) is 2.33. The third-order valence-electron chi connectivity index (χ3n) is 2.86. The molecule has 1 unspecified atom stereocenters. The highest BCUT2D eigenvalue weighted by Gasteiger charge is 2.26. The number of nitrogens with zero attached hydrogens (tertiary/aromatic N) is 2. The molecule has 1 aliphatic rings. The number of aryl methyl sites for hydroxylation is 2. The molecule has 14 heavy (non-hydrogen) atoms. The van der Waals surface area contributed by atoms with Crippen molar-refractivity contribution in [3.8, 4) is 0 Å². The summed E-state index contributed by atoms with van der Waals surface area (Å²) in [5, 5.41) is 9.94. The van der Waals surface area contributed by atoms with Crippen LogP contribution in [0.2, 0.25) is 0 Å². The minimum Gasteiger partial charge on any atom is -0.382 e. The Morgan fingerprint density at radius 1 is 1.64 bits per heavy atom. The van der Waals surface area contributed by atoms with Gasteiger partial charge in [0.05, 0.1) is 5.69 Å². The molecule has 1 aromatic heterocycles. The fourth-order valence-corrected chi connectivity index (χ4v) is 1.78. The first-order valence-electron chi connectivity index (χ1n) is 5.12. The molecule has 0 radical (unpaired) electrons. The first-order valence-corrected chi connectivity index (χ1v) is 5.12. The molecular weight excluding hydrogens is 178 g/mol. The Morgan fingerprint density at radius 2 is 2.43 bits per heavy atom. The van der Waals surface area contributed by atoms with Crippen molar-refractivity contribution >= 4 is 0 Å². The molecule has 0 amide bonds. The summed E-state index contributed by atoms with van der Waals surface area (Å²) in [6.07, 6.45) is 5.34. The van der Waals surface area contributed by atoms with Crippen LogP contribution in [0.5, 0.6) is 0 Å². The summed E-state index contributed by atoms with van der Waals surface area (Å²) in [4.78, 5) is 4.43. The minimum atomic E-state index is -0.982. The summed E-state index contributed by atoms with van der Waals surface area (Å²) >= 11 is 0. The molecule has 0 fully saturated rings. The van der Waals surface area contributed by atoms with Gasteiger partial charge >= 0.3 is 0 Å². The number of imidazole rings is 1. The first kappa shape index (κ1) is 9.68. The predicted octanol–water partition coefficient (Wildman–Crippen LogP) is 0.386. The van der Waals surface area contributed by atoms with Crippen molar-refractivity contribution < 1.29 is 5.11 Å². The van der Waals surface area contributed by atoms with E-state index >= 15 is 0 Å². The highest BCUT2D eigenvalue weighted by atomic mass is 16.3. The maximum atomic E-state index is 9.94. The van der Waals surface area contributed by atoms with Crippen molar-refractivity contribution in [3.63, 3.8) is 0 Å². The normalized spacial score (nSPS) is 20.2. The highest BCUT2D eigenvalue weighted by Crippen LogP contribution is 2.21. The molecule has 1 aromatic rings. The standard InChI is InChI=1S/C10H17N3O/c1-10(14,7-11)8-6-13-5-3-2-4-9(13)12-8/h6,14H,2-5,7,11H2,1H3. The second-order valence-electron chi connectivity index (χ2n) is 4.17. The van der Waals surface area contributed by atoms with E-state index in [1.807, 2.05) is 6.20 Å². The summed E-state index contributed by atoms with van der Waals surface area (Å²) < 4.78 is 2.13. The minimum absolute atomic E-state index is 0.212. The van der Waals surface area contributed by atoms with E-state index in [4.69, 9.17) is 5.73 Å². The van der Waals surface area contributed by atoms with Gasteiger partial charge in [-0.2, -0.15) is 0 Å². The van der Waals surface area contributed by atoms with Gasteiger partial charge in [0, 0.05) is 25.7 Å². The Bertz CT molecular complexity index is 307. The van der Waals surface area contributed by atoms with Crippen molar-refractivity contribution in [1.82, 2.24) is 9.55 Å². The second-order valence-corrected chi connectivity index (χ2v) is 4.17. The molecule has 4 nitrogen and oxygen atoms in total. The van der Waals surface area contributed by atoms with Crippen LogP contribution in [-0.2, 0) is 18.6 Å². The summed E-state index contributed by atoms with van der Waals surface area (Å²) in [6, 6.07) is 0. The Hall–Kier alpha value is -0.870. The van der Waals surface area contributed by atoms with Gasteiger partial charge in [0.25, 0.3) is 0 Å². The first-order chi connectivity index (χ1) is 6.63. The topological polar surface area (TPSA) is 64.1 Å². The van der Waals surface area contributed by atoms with Gasteiger partial charge in [-0.15, -0.1) is 0 Å². The maximum absolute atomic E-state index is 9.94. The summed E-state index contributed by atoms with van der Waals surface area (Å²) in [6.45, 7) is 2.94. The van der Waals surface area contributed by atoms with Crippen molar-refractivity contribution in [1.29, 1.82) is 0 Å². The van der Waals surface area contributed by atoms with E-state index in [-0.39, 0.29) is 6.54 Å². The molecule has 3 N–H and O–H groups in total. The van der Waals surface area contributed by atoms with Crippen molar-refractivity contribution in [2.45, 2.75) is 38.3 Å². The molecule has 0 saturated carbocycles. The Balaban J connectivity index is 2.32. The van der Waals surface area contributed by atoms with Crippen LogP contribution in [0.25, 0.3) is 0 Å². The molecule has 0 aromatic carbocycles. The molecule has 2 rings (SSSR count). The van der Waals surface area contributed by atoms with Crippen molar-refractivity contribution in [3.05, 3.63) is 17.7 Å². The van der Waals surface area contributed by atoms with Crippen molar-refractivity contribution in [2.75, 3.05) is 6.54 Å². The summed E-state index contributed by atoms with van der Waals surface area (Å²) in [5.41, 5.74) is 5.22. The zero-order valence-corrected chi connectivity index (χ0v) is 8.53. The largest absolute Gasteiger partial charge is 0.382 e. The Morgan fingerprint density at radius 3 is 3.07 bits per heavy atom. The van der Waals surface area contributed by atoms with E-state index in [0.717, 1.165) is 18.8 Å². The molecule has 4 heteroatoms. The lowest BCUT2D eigenvalue weighted by Crippen LogP contribution is -2.31. The zero-order chi connectivity index (χ0) is 10.2. The zero-order valence-electron chi connectivity index (χ0n) is 8.53. The van der Waals surface area contributed by atoms with E-state index < -0.39 is 5.60 Å². The number of hydrogen-bond donors (Lipinski definition) is 2. The van der Waals surface area contributed by atoms with Gasteiger partial charge in [-0.25, -0.2) is 4.98 Å². The third-order valence-corrected chi connectivity index (χ3v) is 2.86. The number of hydrogen-bond acceptors (Lipinski definition) is 3. The van der Waals surface area contributed by atoms with Crippen LogP contribution in [0.3, 0.4) is 0 Å². The van der Waals surface area contributed by atoms with Crippen LogP contribution in [0, 0.1) is 0 Å². The number of aromatic nitrogens is 2. The maximum Gasteiger partial charge on any atom is 0.117 e. The Labute approximate surface area is 83.8 Å². The van der Waals surface area contributed by atoms with E-state index in [0.29, 0.717) is 5.69 Å². The smallest absolute Gasteiger partial charge is 0.117 e. The van der Waals surface area contributed by atoms with E-state index in [1.54, 1.807) is 6.92 Å².